The molecule has 1 aromatic carbocycles. The van der Waals surface area contributed by atoms with Gasteiger partial charge in [-0.25, -0.2) is 0 Å². The Morgan fingerprint density at radius 3 is 2.25 bits per heavy atom. The van der Waals surface area contributed by atoms with Gasteiger partial charge in [0.25, 0.3) is 5.91 Å². The van der Waals surface area contributed by atoms with Gasteiger partial charge >= 0.3 is 0 Å². The van der Waals surface area contributed by atoms with Crippen molar-refractivity contribution in [2.24, 2.45) is 0 Å². The molecule has 1 aromatic rings. The number of amides is 1. The van der Waals surface area contributed by atoms with E-state index < -0.39 is 0 Å². The highest BCUT2D eigenvalue weighted by Crippen LogP contribution is 2.24. The zero-order valence-corrected chi connectivity index (χ0v) is 9.57. The summed E-state index contributed by atoms with van der Waals surface area (Å²) < 4.78 is 1.58. The number of nitrogens with one attached hydrogen (secondary N) is 1. The van der Waals surface area contributed by atoms with E-state index in [1.54, 1.807) is 7.05 Å². The minimum atomic E-state index is -0.102. The standard InChI is InChI=1S/C8H7Br2NO/c1-11-8(12)7-5(9)3-2-4-6(7)10/h2-4H,1H3,(H,11,12). The molecule has 1 rings (SSSR count). The molecule has 0 aromatic heterocycles. The van der Waals surface area contributed by atoms with E-state index >= 15 is 0 Å². The Morgan fingerprint density at radius 2 is 1.83 bits per heavy atom. The highest BCUT2D eigenvalue weighted by Gasteiger charge is 2.10. The zero-order valence-electron chi connectivity index (χ0n) is 6.40. The number of hydrogen-bond donors (Lipinski definition) is 1. The summed E-state index contributed by atoms with van der Waals surface area (Å²) >= 11 is 6.60. The second-order valence-corrected chi connectivity index (χ2v) is 3.88. The first-order valence-corrected chi connectivity index (χ1v) is 4.91. The van der Waals surface area contributed by atoms with Crippen LogP contribution < -0.4 is 5.32 Å². The van der Waals surface area contributed by atoms with Crippen LogP contribution in [-0.4, -0.2) is 13.0 Å². The van der Waals surface area contributed by atoms with E-state index in [2.05, 4.69) is 37.2 Å². The Morgan fingerprint density at radius 1 is 1.33 bits per heavy atom. The van der Waals surface area contributed by atoms with Gasteiger partial charge in [-0.2, -0.15) is 0 Å². The molecule has 4 heteroatoms. The maximum atomic E-state index is 11.3. The molecule has 0 aliphatic carbocycles. The lowest BCUT2D eigenvalue weighted by Crippen LogP contribution is -2.18. The van der Waals surface area contributed by atoms with E-state index in [0.29, 0.717) is 5.56 Å². The molecule has 0 fully saturated rings. The van der Waals surface area contributed by atoms with Gasteiger partial charge in [0.2, 0.25) is 0 Å². The highest BCUT2D eigenvalue weighted by molar-refractivity contribution is 9.11. The van der Waals surface area contributed by atoms with Crippen LogP contribution in [0.4, 0.5) is 0 Å². The van der Waals surface area contributed by atoms with Gasteiger partial charge in [-0.15, -0.1) is 0 Å². The summed E-state index contributed by atoms with van der Waals surface area (Å²) in [7, 11) is 1.61. The number of carbonyl (C=O) groups excluding carboxylic acids is 1. The lowest BCUT2D eigenvalue weighted by molar-refractivity contribution is 0.0961. The summed E-state index contributed by atoms with van der Waals surface area (Å²) in [6.45, 7) is 0. The van der Waals surface area contributed by atoms with Crippen LogP contribution in [0.5, 0.6) is 0 Å². The third-order valence-corrected chi connectivity index (χ3v) is 2.74. The van der Waals surface area contributed by atoms with Gasteiger partial charge in [0.05, 0.1) is 5.56 Å². The van der Waals surface area contributed by atoms with Gasteiger partial charge in [-0.05, 0) is 44.0 Å². The molecule has 0 saturated heterocycles. The predicted molar refractivity (Wildman–Crippen MR) is 55.2 cm³/mol. The Balaban J connectivity index is 3.21. The van der Waals surface area contributed by atoms with Crippen LogP contribution in [0.15, 0.2) is 27.1 Å². The number of halogens is 2. The quantitative estimate of drug-likeness (QED) is 0.847. The van der Waals surface area contributed by atoms with Gasteiger partial charge in [-0.1, -0.05) is 6.07 Å². The number of rotatable bonds is 1. The number of benzene rings is 1. The normalized spacial score (nSPS) is 9.58. The molecular formula is C8H7Br2NO. The molecule has 1 amide bonds. The monoisotopic (exact) mass is 291 g/mol. The average Bonchev–Trinajstić information content (AvgIpc) is 2.03. The van der Waals surface area contributed by atoms with Gasteiger partial charge in [0, 0.05) is 16.0 Å². The first-order valence-electron chi connectivity index (χ1n) is 3.33. The fourth-order valence-corrected chi connectivity index (χ4v) is 2.20. The minimum absolute atomic E-state index is 0.102. The summed E-state index contributed by atoms with van der Waals surface area (Å²) in [5.74, 6) is -0.102. The lowest BCUT2D eigenvalue weighted by Gasteiger charge is -2.04. The molecule has 0 spiro atoms. The third-order valence-electron chi connectivity index (χ3n) is 1.42. The summed E-state index contributed by atoms with van der Waals surface area (Å²) in [5.41, 5.74) is 0.625. The van der Waals surface area contributed by atoms with Crippen LogP contribution in [0, 0.1) is 0 Å². The summed E-state index contributed by atoms with van der Waals surface area (Å²) in [4.78, 5) is 11.3. The van der Waals surface area contributed by atoms with E-state index in [1.807, 2.05) is 18.2 Å². The fraction of sp³-hybridized carbons (Fsp3) is 0.125. The van der Waals surface area contributed by atoms with Crippen molar-refractivity contribution >= 4 is 37.8 Å². The molecule has 0 atom stereocenters. The van der Waals surface area contributed by atoms with E-state index in [1.165, 1.54) is 0 Å². The maximum Gasteiger partial charge on any atom is 0.253 e. The van der Waals surface area contributed by atoms with Gasteiger partial charge in [0.1, 0.15) is 0 Å². The van der Waals surface area contributed by atoms with Crippen molar-refractivity contribution in [3.8, 4) is 0 Å². The molecule has 0 unspecified atom stereocenters. The van der Waals surface area contributed by atoms with Gasteiger partial charge < -0.3 is 5.32 Å². The van der Waals surface area contributed by atoms with Crippen LogP contribution in [0.1, 0.15) is 10.4 Å². The molecular weight excluding hydrogens is 286 g/mol. The van der Waals surface area contributed by atoms with E-state index in [-0.39, 0.29) is 5.91 Å². The van der Waals surface area contributed by atoms with E-state index in [9.17, 15) is 4.79 Å². The highest BCUT2D eigenvalue weighted by atomic mass is 79.9. The smallest absolute Gasteiger partial charge is 0.253 e. The predicted octanol–water partition coefficient (Wildman–Crippen LogP) is 2.57. The molecule has 12 heavy (non-hydrogen) atoms. The number of hydrogen-bond acceptors (Lipinski definition) is 1. The zero-order chi connectivity index (χ0) is 9.14. The van der Waals surface area contributed by atoms with Crippen LogP contribution in [0.2, 0.25) is 0 Å². The molecule has 0 aliphatic heterocycles. The van der Waals surface area contributed by atoms with Gasteiger partial charge in [0.15, 0.2) is 0 Å². The van der Waals surface area contributed by atoms with Crippen LogP contribution >= 0.6 is 31.9 Å². The van der Waals surface area contributed by atoms with Crippen molar-refractivity contribution in [3.63, 3.8) is 0 Å². The van der Waals surface area contributed by atoms with Crippen molar-refractivity contribution in [3.05, 3.63) is 32.7 Å². The average molecular weight is 293 g/mol. The van der Waals surface area contributed by atoms with E-state index in [0.717, 1.165) is 8.95 Å². The summed E-state index contributed by atoms with van der Waals surface area (Å²) in [6.07, 6.45) is 0. The van der Waals surface area contributed by atoms with E-state index in [4.69, 9.17) is 0 Å². The van der Waals surface area contributed by atoms with Crippen molar-refractivity contribution in [2.45, 2.75) is 0 Å². The van der Waals surface area contributed by atoms with Crippen molar-refractivity contribution in [2.75, 3.05) is 7.05 Å². The summed E-state index contributed by atoms with van der Waals surface area (Å²) in [6, 6.07) is 5.52. The van der Waals surface area contributed by atoms with Crippen molar-refractivity contribution in [1.29, 1.82) is 0 Å². The first kappa shape index (κ1) is 9.74. The second kappa shape index (κ2) is 4.05. The van der Waals surface area contributed by atoms with Crippen molar-refractivity contribution in [1.82, 2.24) is 5.32 Å². The second-order valence-electron chi connectivity index (χ2n) is 2.18. The Kier molecular flexibility index (Phi) is 3.29. The molecule has 0 saturated carbocycles. The first-order chi connectivity index (χ1) is 5.66. The summed E-state index contributed by atoms with van der Waals surface area (Å²) in [5, 5.41) is 2.56. The topological polar surface area (TPSA) is 29.1 Å². The SMILES string of the molecule is CNC(=O)c1c(Br)cccc1Br. The minimum Gasteiger partial charge on any atom is -0.355 e. The molecule has 0 radical (unpaired) electrons. The van der Waals surface area contributed by atoms with Crippen LogP contribution in [0.3, 0.4) is 0 Å². The third kappa shape index (κ3) is 1.87. The lowest BCUT2D eigenvalue weighted by atomic mass is 10.2. The Hall–Kier alpha value is -0.350. The van der Waals surface area contributed by atoms with Crippen LogP contribution in [0.25, 0.3) is 0 Å². The molecule has 64 valence electrons. The Bertz CT molecular complexity index is 292. The van der Waals surface area contributed by atoms with Gasteiger partial charge in [-0.3, -0.25) is 4.79 Å². The number of carbonyl (C=O) groups is 1. The van der Waals surface area contributed by atoms with Crippen molar-refractivity contribution < 1.29 is 4.79 Å². The molecule has 0 bridgehead atoms. The van der Waals surface area contributed by atoms with Crippen LogP contribution in [-0.2, 0) is 0 Å². The molecule has 2 nitrogen and oxygen atoms in total. The Labute approximate surface area is 87.6 Å². The molecule has 1 N–H and O–H groups in total. The molecule has 0 aliphatic rings. The molecule has 0 heterocycles. The fourth-order valence-electron chi connectivity index (χ4n) is 0.840. The largest absolute Gasteiger partial charge is 0.355 e. The maximum absolute atomic E-state index is 11.3.